The monoisotopic (exact) mass is 229 g/mol. The van der Waals surface area contributed by atoms with Crippen molar-refractivity contribution in [3.05, 3.63) is 28.5 Å². The number of rotatable bonds is 3. The number of ether oxygens (including phenoxy) is 1. The minimum absolute atomic E-state index is 0.227. The van der Waals surface area contributed by atoms with Crippen molar-refractivity contribution in [1.82, 2.24) is 0 Å². The summed E-state index contributed by atoms with van der Waals surface area (Å²) < 4.78 is 18.8. The lowest BCUT2D eigenvalue weighted by atomic mass is 10.1. The van der Waals surface area contributed by atoms with Crippen LogP contribution < -0.4 is 10.5 Å². The molecule has 0 aliphatic heterocycles. The molecule has 0 aromatic heterocycles. The van der Waals surface area contributed by atoms with Gasteiger partial charge in [0.1, 0.15) is 11.6 Å². The summed E-state index contributed by atoms with van der Waals surface area (Å²) in [7, 11) is 0. The maximum Gasteiger partial charge on any atom is 0.143 e. The van der Waals surface area contributed by atoms with Crippen LogP contribution in [-0.4, -0.2) is 6.10 Å². The molecule has 0 bridgehead atoms. The van der Waals surface area contributed by atoms with E-state index in [-0.39, 0.29) is 18.0 Å². The molecule has 2 rings (SSSR count). The van der Waals surface area contributed by atoms with E-state index in [1.165, 1.54) is 12.1 Å². The molecule has 82 valence electrons. The highest BCUT2D eigenvalue weighted by Crippen LogP contribution is 2.37. The average Bonchev–Trinajstić information content (AvgIpc) is 2.92. The highest BCUT2D eigenvalue weighted by molar-refractivity contribution is 6.32. The summed E-state index contributed by atoms with van der Waals surface area (Å²) in [5.74, 6) is 0.158. The fraction of sp³-hybridized carbons (Fsp3) is 0.455. The number of hydrogen-bond donors (Lipinski definition) is 1. The molecule has 1 aliphatic rings. The lowest BCUT2D eigenvalue weighted by molar-refractivity contribution is 0.298. The lowest BCUT2D eigenvalue weighted by Crippen LogP contribution is -2.10. The maximum absolute atomic E-state index is 13.1. The van der Waals surface area contributed by atoms with Crippen LogP contribution in [0, 0.1) is 5.82 Å². The summed E-state index contributed by atoms with van der Waals surface area (Å²) in [6.07, 6.45) is 2.29. The molecule has 1 saturated carbocycles. The first-order valence-electron chi connectivity index (χ1n) is 4.99. The van der Waals surface area contributed by atoms with Gasteiger partial charge in [-0.15, -0.1) is 0 Å². The first-order chi connectivity index (χ1) is 7.08. The number of halogens is 2. The van der Waals surface area contributed by atoms with E-state index in [1.54, 1.807) is 6.92 Å². The summed E-state index contributed by atoms with van der Waals surface area (Å²) in [4.78, 5) is 0. The lowest BCUT2D eigenvalue weighted by Gasteiger charge is -2.15. The first-order valence-corrected chi connectivity index (χ1v) is 5.37. The molecular weight excluding hydrogens is 217 g/mol. The summed E-state index contributed by atoms with van der Waals surface area (Å²) in [6.45, 7) is 1.78. The summed E-state index contributed by atoms with van der Waals surface area (Å²) in [5.41, 5.74) is 6.37. The van der Waals surface area contributed by atoms with Crippen molar-refractivity contribution >= 4 is 11.6 Å². The molecule has 0 heterocycles. The van der Waals surface area contributed by atoms with E-state index in [0.717, 1.165) is 12.8 Å². The Labute approximate surface area is 93.2 Å². The van der Waals surface area contributed by atoms with Crippen molar-refractivity contribution in [3.63, 3.8) is 0 Å². The molecule has 4 heteroatoms. The molecule has 1 unspecified atom stereocenters. The SMILES string of the molecule is CC(N)c1cc(F)cc(Cl)c1OC1CC1. The van der Waals surface area contributed by atoms with Crippen LogP contribution in [0.5, 0.6) is 5.75 Å². The van der Waals surface area contributed by atoms with Gasteiger partial charge in [-0.1, -0.05) is 11.6 Å². The van der Waals surface area contributed by atoms with Gasteiger partial charge in [-0.2, -0.15) is 0 Å². The Morgan fingerprint density at radius 3 is 2.73 bits per heavy atom. The van der Waals surface area contributed by atoms with Gasteiger partial charge in [0.15, 0.2) is 0 Å². The van der Waals surface area contributed by atoms with Gasteiger partial charge in [-0.3, -0.25) is 0 Å². The minimum Gasteiger partial charge on any atom is -0.489 e. The van der Waals surface area contributed by atoms with Crippen molar-refractivity contribution < 1.29 is 9.13 Å². The first kappa shape index (κ1) is 10.7. The van der Waals surface area contributed by atoms with Crippen LogP contribution in [0.25, 0.3) is 0 Å². The van der Waals surface area contributed by atoms with Gasteiger partial charge < -0.3 is 10.5 Å². The molecule has 2 N–H and O–H groups in total. The molecule has 0 radical (unpaired) electrons. The standard InChI is InChI=1S/C11H13ClFNO/c1-6(14)9-4-7(13)5-10(12)11(9)15-8-2-3-8/h4-6,8H,2-3,14H2,1H3. The highest BCUT2D eigenvalue weighted by Gasteiger charge is 2.26. The molecule has 1 aliphatic carbocycles. The number of hydrogen-bond acceptors (Lipinski definition) is 2. The van der Waals surface area contributed by atoms with Gasteiger partial charge in [-0.05, 0) is 31.9 Å². The third kappa shape index (κ3) is 2.41. The second kappa shape index (κ2) is 3.99. The Bertz CT molecular complexity index is 377. The molecule has 0 amide bonds. The molecule has 1 aromatic carbocycles. The van der Waals surface area contributed by atoms with Crippen LogP contribution in [0.1, 0.15) is 31.4 Å². The highest BCUT2D eigenvalue weighted by atomic mass is 35.5. The summed E-state index contributed by atoms with van der Waals surface area (Å²) in [5, 5.41) is 0.300. The van der Waals surface area contributed by atoms with Gasteiger partial charge in [0.2, 0.25) is 0 Å². The van der Waals surface area contributed by atoms with Crippen LogP contribution in [0.4, 0.5) is 4.39 Å². The fourth-order valence-electron chi connectivity index (χ4n) is 1.40. The molecular formula is C11H13ClFNO. The Morgan fingerprint density at radius 1 is 1.53 bits per heavy atom. The van der Waals surface area contributed by atoms with Gasteiger partial charge in [0, 0.05) is 11.6 Å². The van der Waals surface area contributed by atoms with Crippen LogP contribution in [0.3, 0.4) is 0 Å². The molecule has 2 nitrogen and oxygen atoms in total. The van der Waals surface area contributed by atoms with E-state index in [4.69, 9.17) is 22.1 Å². The van der Waals surface area contributed by atoms with E-state index in [2.05, 4.69) is 0 Å². The Balaban J connectivity index is 2.38. The van der Waals surface area contributed by atoms with Gasteiger partial charge in [0.05, 0.1) is 11.1 Å². The molecule has 1 atom stereocenters. The predicted octanol–water partition coefficient (Wildman–Crippen LogP) is 3.04. The van der Waals surface area contributed by atoms with E-state index >= 15 is 0 Å². The smallest absolute Gasteiger partial charge is 0.143 e. The largest absolute Gasteiger partial charge is 0.489 e. The fourth-order valence-corrected chi connectivity index (χ4v) is 1.65. The van der Waals surface area contributed by atoms with Crippen molar-refractivity contribution in [3.8, 4) is 5.75 Å². The molecule has 1 aromatic rings. The van der Waals surface area contributed by atoms with Crippen LogP contribution in [-0.2, 0) is 0 Å². The average molecular weight is 230 g/mol. The Hall–Kier alpha value is -0.800. The topological polar surface area (TPSA) is 35.2 Å². The molecule has 1 fully saturated rings. The van der Waals surface area contributed by atoms with Crippen molar-refractivity contribution in [2.45, 2.75) is 31.9 Å². The van der Waals surface area contributed by atoms with Gasteiger partial charge >= 0.3 is 0 Å². The third-order valence-corrected chi connectivity index (χ3v) is 2.62. The van der Waals surface area contributed by atoms with E-state index < -0.39 is 0 Å². The zero-order valence-electron chi connectivity index (χ0n) is 8.47. The predicted molar refractivity (Wildman–Crippen MR) is 57.7 cm³/mol. The van der Waals surface area contributed by atoms with Crippen molar-refractivity contribution in [2.24, 2.45) is 5.73 Å². The number of nitrogens with two attached hydrogens (primary N) is 1. The minimum atomic E-state index is -0.379. The zero-order chi connectivity index (χ0) is 11.0. The molecule has 0 saturated heterocycles. The normalized spacial score (nSPS) is 17.6. The van der Waals surface area contributed by atoms with Crippen molar-refractivity contribution in [2.75, 3.05) is 0 Å². The molecule has 15 heavy (non-hydrogen) atoms. The zero-order valence-corrected chi connectivity index (χ0v) is 9.22. The van der Waals surface area contributed by atoms with Crippen LogP contribution >= 0.6 is 11.6 Å². The summed E-state index contributed by atoms with van der Waals surface area (Å²) >= 11 is 5.93. The van der Waals surface area contributed by atoms with E-state index in [0.29, 0.717) is 16.3 Å². The quantitative estimate of drug-likeness (QED) is 0.865. The second-order valence-electron chi connectivity index (χ2n) is 3.91. The Morgan fingerprint density at radius 2 is 2.20 bits per heavy atom. The number of benzene rings is 1. The van der Waals surface area contributed by atoms with Crippen LogP contribution in [0.2, 0.25) is 5.02 Å². The third-order valence-electron chi connectivity index (χ3n) is 2.34. The van der Waals surface area contributed by atoms with E-state index in [1.807, 2.05) is 0 Å². The Kier molecular flexibility index (Phi) is 2.85. The maximum atomic E-state index is 13.1. The van der Waals surface area contributed by atoms with Gasteiger partial charge in [-0.25, -0.2) is 4.39 Å². The van der Waals surface area contributed by atoms with Crippen molar-refractivity contribution in [1.29, 1.82) is 0 Å². The van der Waals surface area contributed by atoms with Gasteiger partial charge in [0.25, 0.3) is 0 Å². The van der Waals surface area contributed by atoms with Crippen LogP contribution in [0.15, 0.2) is 12.1 Å². The molecule has 0 spiro atoms. The second-order valence-corrected chi connectivity index (χ2v) is 4.32. The van der Waals surface area contributed by atoms with E-state index in [9.17, 15) is 4.39 Å². The summed E-state index contributed by atoms with van der Waals surface area (Å²) in [6, 6.07) is 2.35.